The molecule has 0 spiro atoms. The highest BCUT2D eigenvalue weighted by Gasteiger charge is 1.87. The van der Waals surface area contributed by atoms with Gasteiger partial charge in [0.1, 0.15) is 0 Å². The number of rotatable bonds is 5. The van der Waals surface area contributed by atoms with Crippen LogP contribution in [0.15, 0.2) is 23.0 Å². The predicted molar refractivity (Wildman–Crippen MR) is 45.6 cm³/mol. The number of hydrogen-bond donors (Lipinski definition) is 1. The van der Waals surface area contributed by atoms with Crippen molar-refractivity contribution in [1.82, 2.24) is 5.32 Å². The highest BCUT2D eigenvalue weighted by Crippen LogP contribution is 2.12. The summed E-state index contributed by atoms with van der Waals surface area (Å²) in [5.41, 5.74) is 0. The molecule has 0 rings (SSSR count). The Morgan fingerprint density at radius 1 is 1.80 bits per heavy atom. The number of carbonyl (C=O) groups excluding carboxylic acids is 1. The zero-order valence-electron chi connectivity index (χ0n) is 5.96. The number of allylic oxidation sites excluding steroid dienone is 1. The molecule has 56 valence electrons. The van der Waals surface area contributed by atoms with Gasteiger partial charge >= 0.3 is 0 Å². The van der Waals surface area contributed by atoms with Gasteiger partial charge in [-0.2, -0.15) is 0 Å². The molecule has 3 heteroatoms. The van der Waals surface area contributed by atoms with Crippen molar-refractivity contribution in [3.63, 3.8) is 0 Å². The Balaban J connectivity index is 3.34. The largest absolute Gasteiger partial charge is 0.354 e. The van der Waals surface area contributed by atoms with Gasteiger partial charge < -0.3 is 5.32 Å². The molecule has 0 unspecified atom stereocenters. The molecule has 10 heavy (non-hydrogen) atoms. The summed E-state index contributed by atoms with van der Waals surface area (Å²) in [5.74, 6) is 0. The van der Waals surface area contributed by atoms with E-state index in [1.165, 1.54) is 11.8 Å². The maximum absolute atomic E-state index is 9.80. The van der Waals surface area contributed by atoms with Crippen molar-refractivity contribution in [2.75, 3.05) is 6.54 Å². The third kappa shape index (κ3) is 5.44. The normalized spacial score (nSPS) is 9.70. The number of nitrogens with one attached hydrogen (secondary N) is 1. The van der Waals surface area contributed by atoms with Gasteiger partial charge in [0, 0.05) is 11.4 Å². The lowest BCUT2D eigenvalue weighted by atomic mass is 10.6. The van der Waals surface area contributed by atoms with Crippen LogP contribution in [-0.4, -0.2) is 13.0 Å². The van der Waals surface area contributed by atoms with Gasteiger partial charge in [0.25, 0.3) is 0 Å². The number of carbonyl (C=O) groups is 1. The molecule has 0 aromatic rings. The fraction of sp³-hybridized carbons (Fsp3) is 0.286. The highest BCUT2D eigenvalue weighted by molar-refractivity contribution is 8.05. The van der Waals surface area contributed by atoms with Gasteiger partial charge in [-0.15, -0.1) is 11.8 Å². The summed E-state index contributed by atoms with van der Waals surface area (Å²) in [6.07, 6.45) is 2.60. The van der Waals surface area contributed by atoms with Crippen LogP contribution in [0.3, 0.4) is 0 Å². The monoisotopic (exact) mass is 157 g/mol. The Morgan fingerprint density at radius 2 is 2.50 bits per heavy atom. The number of hydrogen-bond acceptors (Lipinski definition) is 2. The topological polar surface area (TPSA) is 29.1 Å². The third-order valence-electron chi connectivity index (χ3n) is 0.753. The van der Waals surface area contributed by atoms with E-state index in [0.717, 1.165) is 4.91 Å². The molecule has 0 saturated carbocycles. The molecule has 0 aromatic heterocycles. The minimum atomic E-state index is 0.540. The number of amides is 1. The predicted octanol–water partition coefficient (Wildman–Crippen LogP) is 1.51. The molecule has 0 aliphatic carbocycles. The van der Waals surface area contributed by atoms with Crippen molar-refractivity contribution in [3.8, 4) is 0 Å². The fourth-order valence-corrected chi connectivity index (χ4v) is 0.857. The van der Waals surface area contributed by atoms with E-state index >= 15 is 0 Å². The van der Waals surface area contributed by atoms with E-state index in [1.807, 2.05) is 18.4 Å². The summed E-state index contributed by atoms with van der Waals surface area (Å²) >= 11 is 1.52. The van der Waals surface area contributed by atoms with Crippen molar-refractivity contribution >= 4 is 18.2 Å². The molecule has 2 nitrogen and oxygen atoms in total. The molecule has 1 N–H and O–H groups in total. The Hall–Kier alpha value is -0.700. The van der Waals surface area contributed by atoms with Crippen molar-refractivity contribution < 1.29 is 4.79 Å². The Kier molecular flexibility index (Phi) is 5.97. The average Bonchev–Trinajstić information content (AvgIpc) is 1.97. The van der Waals surface area contributed by atoms with Crippen LogP contribution >= 0.6 is 11.8 Å². The first kappa shape index (κ1) is 9.30. The van der Waals surface area contributed by atoms with Gasteiger partial charge in [0.15, 0.2) is 0 Å². The van der Waals surface area contributed by atoms with Crippen LogP contribution < -0.4 is 5.32 Å². The summed E-state index contributed by atoms with van der Waals surface area (Å²) in [7, 11) is 0. The second kappa shape index (κ2) is 6.42. The van der Waals surface area contributed by atoms with Crippen molar-refractivity contribution in [3.05, 3.63) is 23.0 Å². The maximum Gasteiger partial charge on any atom is 0.207 e. The summed E-state index contributed by atoms with van der Waals surface area (Å²) in [5, 5.41) is 4.45. The third-order valence-corrected chi connectivity index (χ3v) is 1.64. The second-order valence-electron chi connectivity index (χ2n) is 1.62. The van der Waals surface area contributed by atoms with Crippen LogP contribution in [0.5, 0.6) is 0 Å². The standard InChI is InChI=1S/C7H11NOS/c1-3-4-10-7(2)5-8-6-9/h3-4,6H,2,5H2,1H3,(H,8,9)/b4-3-. The van der Waals surface area contributed by atoms with Crippen LogP contribution in [0, 0.1) is 0 Å². The van der Waals surface area contributed by atoms with Crippen LogP contribution in [-0.2, 0) is 4.79 Å². The highest BCUT2D eigenvalue weighted by atomic mass is 32.2. The van der Waals surface area contributed by atoms with Crippen molar-refractivity contribution in [1.29, 1.82) is 0 Å². The first-order valence-corrected chi connectivity index (χ1v) is 3.82. The first-order chi connectivity index (χ1) is 4.81. The van der Waals surface area contributed by atoms with Gasteiger partial charge in [-0.25, -0.2) is 0 Å². The second-order valence-corrected chi connectivity index (χ2v) is 2.71. The van der Waals surface area contributed by atoms with Gasteiger partial charge in [0.05, 0.1) is 0 Å². The summed E-state index contributed by atoms with van der Waals surface area (Å²) < 4.78 is 0. The first-order valence-electron chi connectivity index (χ1n) is 2.94. The Labute approximate surface area is 65.4 Å². The van der Waals surface area contributed by atoms with Crippen molar-refractivity contribution in [2.24, 2.45) is 0 Å². The fourth-order valence-electron chi connectivity index (χ4n) is 0.361. The molecule has 0 heterocycles. The summed E-state index contributed by atoms with van der Waals surface area (Å²) in [4.78, 5) is 10.7. The van der Waals surface area contributed by atoms with Gasteiger partial charge in [-0.1, -0.05) is 12.7 Å². The van der Waals surface area contributed by atoms with E-state index in [1.54, 1.807) is 0 Å². The van der Waals surface area contributed by atoms with Crippen LogP contribution in [0.1, 0.15) is 6.92 Å². The van der Waals surface area contributed by atoms with Crippen molar-refractivity contribution in [2.45, 2.75) is 6.92 Å². The van der Waals surface area contributed by atoms with E-state index in [4.69, 9.17) is 0 Å². The molecule has 0 fully saturated rings. The number of thioether (sulfide) groups is 1. The molecule has 0 aliphatic rings. The van der Waals surface area contributed by atoms with Crippen LogP contribution in [0.2, 0.25) is 0 Å². The zero-order valence-corrected chi connectivity index (χ0v) is 6.78. The molecule has 0 aromatic carbocycles. The lowest BCUT2D eigenvalue weighted by Gasteiger charge is -1.97. The zero-order chi connectivity index (χ0) is 7.82. The Bertz CT molecular complexity index is 143. The quantitative estimate of drug-likeness (QED) is 0.613. The minimum absolute atomic E-state index is 0.540. The minimum Gasteiger partial charge on any atom is -0.354 e. The van der Waals surface area contributed by atoms with Crippen LogP contribution in [0.4, 0.5) is 0 Å². The van der Waals surface area contributed by atoms with Gasteiger partial charge in [0.2, 0.25) is 6.41 Å². The van der Waals surface area contributed by atoms with E-state index in [-0.39, 0.29) is 0 Å². The van der Waals surface area contributed by atoms with Gasteiger partial charge in [-0.3, -0.25) is 4.79 Å². The molecule has 0 bridgehead atoms. The Morgan fingerprint density at radius 3 is 3.00 bits per heavy atom. The van der Waals surface area contributed by atoms with Crippen LogP contribution in [0.25, 0.3) is 0 Å². The molecule has 0 atom stereocenters. The van der Waals surface area contributed by atoms with E-state index < -0.39 is 0 Å². The molecule has 0 aliphatic heterocycles. The van der Waals surface area contributed by atoms with Gasteiger partial charge in [-0.05, 0) is 12.3 Å². The SMILES string of the molecule is C=C(CNC=O)S/C=C\C. The lowest BCUT2D eigenvalue weighted by molar-refractivity contribution is -0.109. The summed E-state index contributed by atoms with van der Waals surface area (Å²) in [6.45, 7) is 6.20. The van der Waals surface area contributed by atoms with E-state index in [2.05, 4.69) is 11.9 Å². The smallest absolute Gasteiger partial charge is 0.207 e. The molecular formula is C7H11NOS. The average molecular weight is 157 g/mol. The lowest BCUT2D eigenvalue weighted by Crippen LogP contribution is -2.12. The molecule has 1 amide bonds. The molecule has 0 radical (unpaired) electrons. The van der Waals surface area contributed by atoms with E-state index in [0.29, 0.717) is 13.0 Å². The van der Waals surface area contributed by atoms with E-state index in [9.17, 15) is 4.79 Å². The molecular weight excluding hydrogens is 146 g/mol. The molecule has 0 saturated heterocycles. The summed E-state index contributed by atoms with van der Waals surface area (Å²) in [6, 6.07) is 0. The maximum atomic E-state index is 9.80.